The molecule has 0 saturated carbocycles. The Kier molecular flexibility index (Phi) is 5.50. The van der Waals surface area contributed by atoms with Crippen LogP contribution in [0.15, 0.2) is 23.1 Å². The van der Waals surface area contributed by atoms with Gasteiger partial charge in [-0.1, -0.05) is 13.3 Å². The van der Waals surface area contributed by atoms with E-state index in [4.69, 9.17) is 4.74 Å². The molecule has 1 aromatic carbocycles. The molecule has 1 aromatic rings. The average molecular weight is 431 g/mol. The quantitative estimate of drug-likeness (QED) is 0.724. The molecule has 2 heterocycles. The molecule has 0 N–H and O–H groups in total. The van der Waals surface area contributed by atoms with Gasteiger partial charge in [0, 0.05) is 12.1 Å². The minimum atomic E-state index is -3.95. The molecule has 10 heteroatoms. The van der Waals surface area contributed by atoms with Crippen molar-refractivity contribution in [1.82, 2.24) is 4.31 Å². The van der Waals surface area contributed by atoms with E-state index in [9.17, 15) is 21.6 Å². The molecule has 1 unspecified atom stereocenters. The fraction of sp³-hybridized carbons (Fsp3) is 0.611. The monoisotopic (exact) mass is 430 g/mol. The van der Waals surface area contributed by atoms with E-state index in [0.717, 1.165) is 19.3 Å². The van der Waals surface area contributed by atoms with Gasteiger partial charge in [0.05, 0.1) is 24.5 Å². The van der Waals surface area contributed by atoms with Crippen molar-refractivity contribution < 1.29 is 26.4 Å². The van der Waals surface area contributed by atoms with Crippen molar-refractivity contribution in [3.05, 3.63) is 18.2 Å². The van der Waals surface area contributed by atoms with Crippen LogP contribution >= 0.6 is 0 Å². The third-order valence-corrected chi connectivity index (χ3v) is 9.43. The highest BCUT2D eigenvalue weighted by molar-refractivity contribution is 7.94. The van der Waals surface area contributed by atoms with Gasteiger partial charge >= 0.3 is 0 Å². The fourth-order valence-electron chi connectivity index (χ4n) is 4.07. The van der Waals surface area contributed by atoms with Gasteiger partial charge in [0.25, 0.3) is 0 Å². The Bertz CT molecular complexity index is 979. The molecule has 28 heavy (non-hydrogen) atoms. The number of benzene rings is 1. The van der Waals surface area contributed by atoms with Gasteiger partial charge in [-0.15, -0.1) is 0 Å². The number of carbonyl (C=O) groups excluding carboxylic acids is 1. The highest BCUT2D eigenvalue weighted by Crippen LogP contribution is 2.37. The molecular weight excluding hydrogens is 404 g/mol. The van der Waals surface area contributed by atoms with Gasteiger partial charge in [0.2, 0.25) is 26.0 Å². The number of hydrogen-bond donors (Lipinski definition) is 0. The summed E-state index contributed by atoms with van der Waals surface area (Å²) in [6.07, 6.45) is 2.45. The SMILES string of the molecule is COc1ccc(N2C(=O)C(C)CS2(=O)=O)cc1S(=O)(=O)N1[C@H](C)CCC[C@@H]1C. The molecule has 2 aliphatic rings. The van der Waals surface area contributed by atoms with E-state index in [-0.39, 0.29) is 34.2 Å². The topological polar surface area (TPSA) is 101 Å². The molecular formula is C18H26N2O6S2. The van der Waals surface area contributed by atoms with Crippen molar-refractivity contribution >= 4 is 31.6 Å². The number of rotatable bonds is 4. The number of amides is 1. The molecule has 0 aromatic heterocycles. The lowest BCUT2D eigenvalue weighted by Gasteiger charge is -2.38. The standard InChI is InChI=1S/C18H26N2O6S2/c1-12-11-27(22,23)20(18(12)21)15-8-9-16(26-4)17(10-15)28(24,25)19-13(2)6-5-7-14(19)3/h8-10,12-14H,5-7,11H2,1-4H3/t12?,13-,14+. The zero-order valence-electron chi connectivity index (χ0n) is 16.5. The Labute approximate surface area is 166 Å². The number of ether oxygens (including phenoxy) is 1. The van der Waals surface area contributed by atoms with E-state index in [0.29, 0.717) is 4.31 Å². The van der Waals surface area contributed by atoms with Crippen molar-refractivity contribution in [1.29, 1.82) is 0 Å². The van der Waals surface area contributed by atoms with Crippen LogP contribution in [0.2, 0.25) is 0 Å². The van der Waals surface area contributed by atoms with Crippen LogP contribution in [0.3, 0.4) is 0 Å². The maximum absolute atomic E-state index is 13.5. The molecule has 1 amide bonds. The van der Waals surface area contributed by atoms with Crippen molar-refractivity contribution in [3.63, 3.8) is 0 Å². The number of anilines is 1. The van der Waals surface area contributed by atoms with Gasteiger partial charge in [-0.2, -0.15) is 4.31 Å². The van der Waals surface area contributed by atoms with Crippen molar-refractivity contribution in [2.45, 2.75) is 57.0 Å². The maximum Gasteiger partial charge on any atom is 0.247 e. The van der Waals surface area contributed by atoms with E-state index in [1.165, 1.54) is 36.5 Å². The van der Waals surface area contributed by atoms with Gasteiger partial charge in [0.1, 0.15) is 10.6 Å². The lowest BCUT2D eigenvalue weighted by Crippen LogP contribution is -2.47. The molecule has 2 aliphatic heterocycles. The zero-order valence-corrected chi connectivity index (χ0v) is 18.1. The summed E-state index contributed by atoms with van der Waals surface area (Å²) in [5.41, 5.74) is 0.0195. The Morgan fingerprint density at radius 1 is 1.11 bits per heavy atom. The second-order valence-electron chi connectivity index (χ2n) is 7.58. The molecule has 3 rings (SSSR count). The number of piperidine rings is 1. The first-order valence-electron chi connectivity index (χ1n) is 9.29. The zero-order chi connectivity index (χ0) is 20.9. The van der Waals surface area contributed by atoms with Crippen LogP contribution in [0, 0.1) is 5.92 Å². The van der Waals surface area contributed by atoms with Crippen LogP contribution in [-0.2, 0) is 24.8 Å². The van der Waals surface area contributed by atoms with Gasteiger partial charge in [-0.05, 0) is 44.9 Å². The molecule has 8 nitrogen and oxygen atoms in total. The highest BCUT2D eigenvalue weighted by atomic mass is 32.2. The maximum atomic E-state index is 13.5. The second kappa shape index (κ2) is 7.31. The van der Waals surface area contributed by atoms with Crippen LogP contribution in [0.5, 0.6) is 5.75 Å². The molecule has 3 atom stereocenters. The van der Waals surface area contributed by atoms with Crippen LogP contribution in [-0.4, -0.2) is 52.0 Å². The molecule has 0 spiro atoms. The minimum Gasteiger partial charge on any atom is -0.495 e. The minimum absolute atomic E-state index is 0.0195. The Balaban J connectivity index is 2.14. The van der Waals surface area contributed by atoms with Crippen LogP contribution < -0.4 is 9.04 Å². The largest absolute Gasteiger partial charge is 0.495 e. The molecule has 0 radical (unpaired) electrons. The molecule has 0 bridgehead atoms. The molecule has 0 aliphatic carbocycles. The highest BCUT2D eigenvalue weighted by Gasteiger charge is 2.43. The summed E-state index contributed by atoms with van der Waals surface area (Å²) in [6.45, 7) is 5.26. The van der Waals surface area contributed by atoms with Crippen LogP contribution in [0.4, 0.5) is 5.69 Å². The van der Waals surface area contributed by atoms with Crippen molar-refractivity contribution in [3.8, 4) is 5.75 Å². The van der Waals surface area contributed by atoms with Gasteiger partial charge < -0.3 is 4.74 Å². The molecule has 2 fully saturated rings. The smallest absolute Gasteiger partial charge is 0.247 e. The fourth-order valence-corrected chi connectivity index (χ4v) is 7.94. The van der Waals surface area contributed by atoms with E-state index >= 15 is 0 Å². The van der Waals surface area contributed by atoms with Crippen LogP contribution in [0.25, 0.3) is 0 Å². The number of sulfonamides is 2. The first kappa shape index (κ1) is 21.1. The van der Waals surface area contributed by atoms with Gasteiger partial charge in [-0.25, -0.2) is 21.1 Å². The summed E-state index contributed by atoms with van der Waals surface area (Å²) in [5, 5.41) is 0. The van der Waals surface area contributed by atoms with E-state index in [2.05, 4.69) is 0 Å². The number of hydrogen-bond acceptors (Lipinski definition) is 6. The summed E-state index contributed by atoms with van der Waals surface area (Å²) in [5.74, 6) is -1.41. The summed E-state index contributed by atoms with van der Waals surface area (Å²) in [4.78, 5) is 12.3. The first-order chi connectivity index (χ1) is 13.0. The normalized spacial score (nSPS) is 28.5. The number of carbonyl (C=O) groups is 1. The summed E-state index contributed by atoms with van der Waals surface area (Å²) in [7, 11) is -6.42. The number of methoxy groups -OCH3 is 1. The predicted molar refractivity (Wildman–Crippen MR) is 105 cm³/mol. The third kappa shape index (κ3) is 3.42. The van der Waals surface area contributed by atoms with Crippen molar-refractivity contribution in [2.75, 3.05) is 17.2 Å². The number of nitrogens with zero attached hydrogens (tertiary/aromatic N) is 2. The van der Waals surface area contributed by atoms with Gasteiger partial charge in [-0.3, -0.25) is 4.79 Å². The average Bonchev–Trinajstić information content (AvgIpc) is 2.81. The lowest BCUT2D eigenvalue weighted by atomic mass is 10.0. The van der Waals surface area contributed by atoms with E-state index in [1.807, 2.05) is 13.8 Å². The van der Waals surface area contributed by atoms with E-state index < -0.39 is 31.9 Å². The molecule has 2 saturated heterocycles. The van der Waals surface area contributed by atoms with Crippen molar-refractivity contribution in [2.24, 2.45) is 5.92 Å². The Hall–Kier alpha value is -1.65. The summed E-state index contributed by atoms with van der Waals surface area (Å²) < 4.78 is 59.2. The Morgan fingerprint density at radius 2 is 1.71 bits per heavy atom. The summed E-state index contributed by atoms with van der Waals surface area (Å²) >= 11 is 0. The predicted octanol–water partition coefficient (Wildman–Crippen LogP) is 1.96. The first-order valence-corrected chi connectivity index (χ1v) is 12.3. The lowest BCUT2D eigenvalue weighted by molar-refractivity contribution is -0.119. The molecule has 156 valence electrons. The van der Waals surface area contributed by atoms with Gasteiger partial charge in [0.15, 0.2) is 0 Å². The van der Waals surface area contributed by atoms with Crippen LogP contribution in [0.1, 0.15) is 40.0 Å². The van der Waals surface area contributed by atoms with E-state index in [1.54, 1.807) is 0 Å². The second-order valence-corrected chi connectivity index (χ2v) is 11.3. The third-order valence-electron chi connectivity index (χ3n) is 5.41. The summed E-state index contributed by atoms with van der Waals surface area (Å²) in [6, 6.07) is 3.66. The Morgan fingerprint density at radius 3 is 2.21 bits per heavy atom.